The molecule has 0 N–H and O–H groups in total. The highest BCUT2D eigenvalue weighted by molar-refractivity contribution is 6.30. The van der Waals surface area contributed by atoms with Crippen molar-refractivity contribution < 1.29 is 4.79 Å². The van der Waals surface area contributed by atoms with E-state index >= 15 is 0 Å². The van der Waals surface area contributed by atoms with Crippen LogP contribution in [0.15, 0.2) is 48.6 Å². The number of halogens is 1. The molecule has 2 rings (SSSR count). The van der Waals surface area contributed by atoms with Crippen molar-refractivity contribution in [3.63, 3.8) is 0 Å². The summed E-state index contributed by atoms with van der Waals surface area (Å²) in [4.78, 5) is 12.7. The van der Waals surface area contributed by atoms with Crippen LogP contribution in [0.4, 0.5) is 0 Å². The Morgan fingerprint density at radius 1 is 1.18 bits per heavy atom. The molecule has 0 aromatic heterocycles. The summed E-state index contributed by atoms with van der Waals surface area (Å²) in [6, 6.07) is 7.48. The highest BCUT2D eigenvalue weighted by atomic mass is 35.5. The first-order valence-corrected chi connectivity index (χ1v) is 7.90. The van der Waals surface area contributed by atoms with Gasteiger partial charge in [-0.15, -0.1) is 0 Å². The molecule has 0 saturated carbocycles. The standard InChI is InChI=1S/C20H21ClO/c1-20(2,3)14-13-18(22)19(15-7-5-4-6-8-15)16-9-11-17(21)12-10-16/h5-12,15,19H,4H2,1-3H3. The number of ketones is 1. The van der Waals surface area contributed by atoms with Gasteiger partial charge in [0.1, 0.15) is 0 Å². The second kappa shape index (κ2) is 6.99. The Kier molecular flexibility index (Phi) is 5.27. The average Bonchev–Trinajstić information content (AvgIpc) is 2.48. The van der Waals surface area contributed by atoms with Gasteiger partial charge in [0.05, 0.1) is 5.92 Å². The van der Waals surface area contributed by atoms with Crippen molar-refractivity contribution in [3.8, 4) is 11.8 Å². The smallest absolute Gasteiger partial charge is 0.213 e. The van der Waals surface area contributed by atoms with E-state index in [9.17, 15) is 4.79 Å². The molecular formula is C20H21ClO. The van der Waals surface area contributed by atoms with Crippen LogP contribution in [0.2, 0.25) is 5.02 Å². The topological polar surface area (TPSA) is 17.1 Å². The van der Waals surface area contributed by atoms with Gasteiger partial charge in [0, 0.05) is 16.4 Å². The largest absolute Gasteiger partial charge is 0.284 e. The van der Waals surface area contributed by atoms with E-state index < -0.39 is 0 Å². The number of carbonyl (C=O) groups excluding carboxylic acids is 1. The van der Waals surface area contributed by atoms with Crippen LogP contribution in [0.5, 0.6) is 0 Å². The average molecular weight is 313 g/mol. The Bertz CT molecular complexity index is 636. The maximum Gasteiger partial charge on any atom is 0.213 e. The summed E-state index contributed by atoms with van der Waals surface area (Å²) in [6.07, 6.45) is 9.30. The minimum atomic E-state index is -0.278. The van der Waals surface area contributed by atoms with Gasteiger partial charge >= 0.3 is 0 Å². The van der Waals surface area contributed by atoms with Crippen molar-refractivity contribution in [2.75, 3.05) is 0 Å². The van der Waals surface area contributed by atoms with Crippen LogP contribution >= 0.6 is 11.6 Å². The lowest BCUT2D eigenvalue weighted by atomic mass is 9.80. The zero-order valence-electron chi connectivity index (χ0n) is 13.3. The lowest BCUT2D eigenvalue weighted by molar-refractivity contribution is -0.115. The summed E-state index contributed by atoms with van der Waals surface area (Å²) in [5.74, 6) is 5.62. The van der Waals surface area contributed by atoms with Gasteiger partial charge in [-0.05, 0) is 50.8 Å². The fraction of sp³-hybridized carbons (Fsp3) is 0.350. The first kappa shape index (κ1) is 16.6. The predicted molar refractivity (Wildman–Crippen MR) is 92.8 cm³/mol. The highest BCUT2D eigenvalue weighted by Crippen LogP contribution is 2.31. The summed E-state index contributed by atoms with van der Waals surface area (Å²) in [5, 5.41) is 0.672. The van der Waals surface area contributed by atoms with Gasteiger partial charge in [0.25, 0.3) is 0 Å². The third-order valence-electron chi connectivity index (χ3n) is 3.45. The van der Waals surface area contributed by atoms with Crippen LogP contribution in [0.1, 0.15) is 38.7 Å². The van der Waals surface area contributed by atoms with Gasteiger partial charge in [0.2, 0.25) is 5.78 Å². The molecule has 1 aromatic rings. The van der Waals surface area contributed by atoms with Gasteiger partial charge in [-0.3, -0.25) is 4.79 Å². The maximum atomic E-state index is 12.7. The Labute approximate surface area is 138 Å². The second-order valence-electron chi connectivity index (χ2n) is 6.56. The molecule has 1 unspecified atom stereocenters. The summed E-state index contributed by atoms with van der Waals surface area (Å²) in [6.45, 7) is 6.01. The monoisotopic (exact) mass is 312 g/mol. The van der Waals surface area contributed by atoms with Crippen LogP contribution in [-0.4, -0.2) is 5.78 Å². The van der Waals surface area contributed by atoms with Gasteiger partial charge in [0.15, 0.2) is 0 Å². The zero-order chi connectivity index (χ0) is 16.2. The van der Waals surface area contributed by atoms with Crippen molar-refractivity contribution in [1.82, 2.24) is 0 Å². The van der Waals surface area contributed by atoms with E-state index in [0.717, 1.165) is 12.0 Å². The first-order chi connectivity index (χ1) is 10.4. The lowest BCUT2D eigenvalue weighted by Crippen LogP contribution is -2.19. The van der Waals surface area contributed by atoms with Crippen molar-refractivity contribution in [2.24, 2.45) is 11.3 Å². The molecule has 0 spiro atoms. The zero-order valence-corrected chi connectivity index (χ0v) is 14.0. The summed E-state index contributed by atoms with van der Waals surface area (Å²) >= 11 is 5.96. The molecule has 1 atom stereocenters. The SMILES string of the molecule is CC(C)(C)C#CC(=O)C(c1ccc(Cl)cc1)C1C=CCC=C1. The summed E-state index contributed by atoms with van der Waals surface area (Å²) in [7, 11) is 0. The molecule has 22 heavy (non-hydrogen) atoms. The Hall–Kier alpha value is -1.78. The van der Waals surface area contributed by atoms with Crippen LogP contribution in [-0.2, 0) is 4.79 Å². The molecule has 0 fully saturated rings. The van der Waals surface area contributed by atoms with E-state index in [0.29, 0.717) is 5.02 Å². The van der Waals surface area contributed by atoms with E-state index in [2.05, 4.69) is 36.1 Å². The number of rotatable bonds is 3. The van der Waals surface area contributed by atoms with Gasteiger partial charge in [-0.25, -0.2) is 0 Å². The Balaban J connectivity index is 2.36. The molecule has 0 bridgehead atoms. The molecule has 0 aliphatic heterocycles. The number of carbonyl (C=O) groups is 1. The number of allylic oxidation sites excluding steroid dienone is 4. The quantitative estimate of drug-likeness (QED) is 0.427. The molecule has 1 aliphatic carbocycles. The second-order valence-corrected chi connectivity index (χ2v) is 7.00. The fourth-order valence-electron chi connectivity index (χ4n) is 2.38. The summed E-state index contributed by atoms with van der Waals surface area (Å²) < 4.78 is 0. The van der Waals surface area contributed by atoms with Crippen molar-refractivity contribution >= 4 is 17.4 Å². The first-order valence-electron chi connectivity index (χ1n) is 7.52. The minimum Gasteiger partial charge on any atom is -0.284 e. The molecule has 0 saturated heterocycles. The van der Waals surface area contributed by atoms with Crippen LogP contribution in [0.3, 0.4) is 0 Å². The van der Waals surface area contributed by atoms with E-state index in [-0.39, 0.29) is 23.0 Å². The van der Waals surface area contributed by atoms with Gasteiger partial charge < -0.3 is 0 Å². The third-order valence-corrected chi connectivity index (χ3v) is 3.70. The molecule has 1 aliphatic rings. The number of benzene rings is 1. The van der Waals surface area contributed by atoms with Crippen molar-refractivity contribution in [1.29, 1.82) is 0 Å². The third kappa shape index (κ3) is 4.61. The normalized spacial score (nSPS) is 16.0. The van der Waals surface area contributed by atoms with Crippen LogP contribution in [0, 0.1) is 23.2 Å². The Morgan fingerprint density at radius 2 is 1.77 bits per heavy atom. The van der Waals surface area contributed by atoms with Gasteiger partial charge in [-0.2, -0.15) is 0 Å². The molecule has 0 heterocycles. The minimum absolute atomic E-state index is 0.0431. The number of hydrogen-bond donors (Lipinski definition) is 0. The molecule has 2 heteroatoms. The lowest BCUT2D eigenvalue weighted by Gasteiger charge is -2.21. The molecular weight excluding hydrogens is 292 g/mol. The highest BCUT2D eigenvalue weighted by Gasteiger charge is 2.26. The van der Waals surface area contributed by atoms with Crippen molar-refractivity contribution in [3.05, 3.63) is 59.2 Å². The predicted octanol–water partition coefficient (Wildman–Crippen LogP) is 5.17. The number of hydrogen-bond acceptors (Lipinski definition) is 1. The van der Waals surface area contributed by atoms with Crippen molar-refractivity contribution in [2.45, 2.75) is 33.1 Å². The van der Waals surface area contributed by atoms with E-state index in [1.54, 1.807) is 0 Å². The number of Topliss-reactive ketones (excluding diaryl/α,β-unsaturated/α-hetero) is 1. The van der Waals surface area contributed by atoms with E-state index in [4.69, 9.17) is 11.6 Å². The van der Waals surface area contributed by atoms with Gasteiger partial charge in [-0.1, -0.05) is 54.0 Å². The summed E-state index contributed by atoms with van der Waals surface area (Å²) in [5.41, 5.74) is 0.775. The Morgan fingerprint density at radius 3 is 2.32 bits per heavy atom. The van der Waals surface area contributed by atoms with E-state index in [1.165, 1.54) is 0 Å². The van der Waals surface area contributed by atoms with E-state index in [1.807, 2.05) is 45.0 Å². The fourth-order valence-corrected chi connectivity index (χ4v) is 2.51. The molecule has 1 nitrogen and oxygen atoms in total. The molecule has 0 radical (unpaired) electrons. The molecule has 0 amide bonds. The van der Waals surface area contributed by atoms with Crippen LogP contribution in [0.25, 0.3) is 0 Å². The maximum absolute atomic E-state index is 12.7. The van der Waals surface area contributed by atoms with Crippen LogP contribution < -0.4 is 0 Å². The molecule has 1 aromatic carbocycles. The molecule has 114 valence electrons.